The molecule has 2 rings (SSSR count). The number of carbonyl (C=O) groups is 1. The number of aryl methyl sites for hydroxylation is 1. The minimum atomic E-state index is -0.426. The summed E-state index contributed by atoms with van der Waals surface area (Å²) in [6, 6.07) is 4.77. The summed E-state index contributed by atoms with van der Waals surface area (Å²) in [7, 11) is 0. The van der Waals surface area contributed by atoms with Crippen LogP contribution < -0.4 is 5.32 Å². The van der Waals surface area contributed by atoms with Crippen LogP contribution in [0.4, 0.5) is 11.4 Å². The van der Waals surface area contributed by atoms with Crippen molar-refractivity contribution in [3.05, 3.63) is 33.9 Å². The molecule has 20 heavy (non-hydrogen) atoms. The van der Waals surface area contributed by atoms with Crippen molar-refractivity contribution in [2.75, 3.05) is 25.0 Å². The first kappa shape index (κ1) is 14.3. The van der Waals surface area contributed by atoms with Crippen molar-refractivity contribution in [2.24, 2.45) is 0 Å². The second kappa shape index (κ2) is 6.36. The summed E-state index contributed by atoms with van der Waals surface area (Å²) in [4.78, 5) is 24.2. The van der Waals surface area contributed by atoms with Gasteiger partial charge in [0.1, 0.15) is 0 Å². The Hall–Kier alpha value is -2.11. The van der Waals surface area contributed by atoms with Crippen LogP contribution >= 0.6 is 0 Å². The van der Waals surface area contributed by atoms with E-state index in [9.17, 15) is 14.9 Å². The van der Waals surface area contributed by atoms with Crippen LogP contribution in [0.2, 0.25) is 0 Å². The Kier molecular flexibility index (Phi) is 4.55. The monoisotopic (exact) mass is 277 g/mol. The lowest BCUT2D eigenvalue weighted by Crippen LogP contribution is -2.39. The van der Waals surface area contributed by atoms with E-state index in [1.807, 2.05) is 4.90 Å². The van der Waals surface area contributed by atoms with Gasteiger partial charge < -0.3 is 10.2 Å². The van der Waals surface area contributed by atoms with Crippen molar-refractivity contribution in [3.8, 4) is 0 Å². The summed E-state index contributed by atoms with van der Waals surface area (Å²) in [5.41, 5.74) is 1.45. The highest BCUT2D eigenvalue weighted by Crippen LogP contribution is 2.20. The van der Waals surface area contributed by atoms with Crippen LogP contribution in [0, 0.1) is 17.0 Å². The van der Waals surface area contributed by atoms with Gasteiger partial charge in [-0.25, -0.2) is 0 Å². The summed E-state index contributed by atoms with van der Waals surface area (Å²) >= 11 is 0. The number of piperidine rings is 1. The fourth-order valence-corrected chi connectivity index (χ4v) is 2.40. The Balaban J connectivity index is 1.96. The third-order valence-electron chi connectivity index (χ3n) is 3.43. The lowest BCUT2D eigenvalue weighted by molar-refractivity contribution is -0.384. The van der Waals surface area contributed by atoms with Gasteiger partial charge in [0.25, 0.3) is 5.69 Å². The van der Waals surface area contributed by atoms with E-state index in [2.05, 4.69) is 5.32 Å². The van der Waals surface area contributed by atoms with Gasteiger partial charge in [-0.05, 0) is 37.8 Å². The zero-order valence-electron chi connectivity index (χ0n) is 11.6. The predicted octanol–water partition coefficient (Wildman–Crippen LogP) is 2.33. The van der Waals surface area contributed by atoms with E-state index in [0.29, 0.717) is 5.69 Å². The minimum absolute atomic E-state index is 0.0397. The summed E-state index contributed by atoms with van der Waals surface area (Å²) in [6.45, 7) is 3.61. The van der Waals surface area contributed by atoms with E-state index in [-0.39, 0.29) is 18.1 Å². The molecule has 1 fully saturated rings. The number of carbonyl (C=O) groups excluding carboxylic acids is 1. The lowest BCUT2D eigenvalue weighted by Gasteiger charge is -2.26. The van der Waals surface area contributed by atoms with Crippen molar-refractivity contribution in [2.45, 2.75) is 26.2 Å². The molecule has 0 saturated carbocycles. The predicted molar refractivity (Wildman–Crippen MR) is 76.8 cm³/mol. The Morgan fingerprint density at radius 3 is 2.65 bits per heavy atom. The van der Waals surface area contributed by atoms with E-state index in [4.69, 9.17) is 0 Å². The SMILES string of the molecule is Cc1cc(NCC(=O)N2CCCCC2)cc([N+](=O)[O-])c1. The number of likely N-dealkylation sites (tertiary alicyclic amines) is 1. The summed E-state index contributed by atoms with van der Waals surface area (Å²) in [6.07, 6.45) is 3.30. The third-order valence-corrected chi connectivity index (χ3v) is 3.43. The molecule has 1 aliphatic heterocycles. The first-order valence-electron chi connectivity index (χ1n) is 6.84. The molecule has 0 aliphatic carbocycles. The van der Waals surface area contributed by atoms with E-state index in [1.54, 1.807) is 13.0 Å². The number of rotatable bonds is 4. The highest BCUT2D eigenvalue weighted by Gasteiger charge is 2.16. The van der Waals surface area contributed by atoms with Crippen molar-refractivity contribution in [1.29, 1.82) is 0 Å². The number of anilines is 1. The topological polar surface area (TPSA) is 75.5 Å². The van der Waals surface area contributed by atoms with Gasteiger partial charge in [-0.1, -0.05) is 0 Å². The molecule has 1 aliphatic rings. The maximum atomic E-state index is 12.0. The molecule has 0 unspecified atom stereocenters. The molecule has 1 amide bonds. The number of benzene rings is 1. The molecule has 1 N–H and O–H groups in total. The van der Waals surface area contributed by atoms with Gasteiger partial charge in [0.2, 0.25) is 5.91 Å². The molecule has 6 nitrogen and oxygen atoms in total. The van der Waals surface area contributed by atoms with Crippen LogP contribution in [0.25, 0.3) is 0 Å². The quantitative estimate of drug-likeness (QED) is 0.677. The standard InChI is InChI=1S/C14H19N3O3/c1-11-7-12(9-13(8-11)17(19)20)15-10-14(18)16-5-3-2-4-6-16/h7-9,15H,2-6,10H2,1H3. The Morgan fingerprint density at radius 2 is 2.00 bits per heavy atom. The van der Waals surface area contributed by atoms with Crippen LogP contribution in [0.15, 0.2) is 18.2 Å². The Labute approximate surface area is 117 Å². The first-order valence-corrected chi connectivity index (χ1v) is 6.84. The van der Waals surface area contributed by atoms with Gasteiger partial charge in [-0.2, -0.15) is 0 Å². The number of nitro benzene ring substituents is 1. The number of hydrogen-bond donors (Lipinski definition) is 1. The molecule has 0 atom stereocenters. The van der Waals surface area contributed by atoms with Gasteiger partial charge in [-0.15, -0.1) is 0 Å². The summed E-state index contributed by atoms with van der Waals surface area (Å²) in [5.74, 6) is 0.0499. The molecule has 6 heteroatoms. The summed E-state index contributed by atoms with van der Waals surface area (Å²) < 4.78 is 0. The number of nitrogens with zero attached hydrogens (tertiary/aromatic N) is 2. The Bertz CT molecular complexity index is 510. The molecule has 1 saturated heterocycles. The van der Waals surface area contributed by atoms with E-state index in [0.717, 1.165) is 31.5 Å². The maximum absolute atomic E-state index is 12.0. The molecular formula is C14H19N3O3. The second-order valence-corrected chi connectivity index (χ2v) is 5.11. The van der Waals surface area contributed by atoms with Crippen molar-refractivity contribution in [1.82, 2.24) is 4.90 Å². The molecule has 1 aromatic carbocycles. The number of hydrogen-bond acceptors (Lipinski definition) is 4. The number of amides is 1. The lowest BCUT2D eigenvalue weighted by atomic mass is 10.1. The van der Waals surface area contributed by atoms with Crippen LogP contribution in [-0.2, 0) is 4.79 Å². The zero-order chi connectivity index (χ0) is 14.5. The van der Waals surface area contributed by atoms with Crippen molar-refractivity contribution < 1.29 is 9.72 Å². The first-order chi connectivity index (χ1) is 9.56. The van der Waals surface area contributed by atoms with Crippen molar-refractivity contribution in [3.63, 3.8) is 0 Å². The normalized spacial score (nSPS) is 14.9. The zero-order valence-corrected chi connectivity index (χ0v) is 11.6. The van der Waals surface area contributed by atoms with Gasteiger partial charge in [0.05, 0.1) is 11.5 Å². The number of nitrogens with one attached hydrogen (secondary N) is 1. The van der Waals surface area contributed by atoms with E-state index >= 15 is 0 Å². The van der Waals surface area contributed by atoms with Gasteiger partial charge in [-0.3, -0.25) is 14.9 Å². The maximum Gasteiger partial charge on any atom is 0.271 e. The molecule has 108 valence electrons. The molecule has 1 heterocycles. The van der Waals surface area contributed by atoms with E-state index < -0.39 is 4.92 Å². The average Bonchev–Trinajstić information content (AvgIpc) is 2.45. The Morgan fingerprint density at radius 1 is 1.30 bits per heavy atom. The van der Waals surface area contributed by atoms with Crippen molar-refractivity contribution >= 4 is 17.3 Å². The van der Waals surface area contributed by atoms with Gasteiger partial charge in [0, 0.05) is 30.9 Å². The van der Waals surface area contributed by atoms with Gasteiger partial charge in [0.15, 0.2) is 0 Å². The highest BCUT2D eigenvalue weighted by molar-refractivity contribution is 5.81. The fourth-order valence-electron chi connectivity index (χ4n) is 2.40. The van der Waals surface area contributed by atoms with Crippen LogP contribution in [-0.4, -0.2) is 35.4 Å². The molecular weight excluding hydrogens is 258 g/mol. The second-order valence-electron chi connectivity index (χ2n) is 5.11. The minimum Gasteiger partial charge on any atom is -0.376 e. The number of non-ortho nitro benzene ring substituents is 1. The molecule has 1 aromatic rings. The van der Waals surface area contributed by atoms with Gasteiger partial charge >= 0.3 is 0 Å². The average molecular weight is 277 g/mol. The van der Waals surface area contributed by atoms with Crippen LogP contribution in [0.5, 0.6) is 0 Å². The summed E-state index contributed by atoms with van der Waals surface area (Å²) in [5, 5.41) is 13.8. The highest BCUT2D eigenvalue weighted by atomic mass is 16.6. The van der Waals surface area contributed by atoms with Crippen LogP contribution in [0.3, 0.4) is 0 Å². The third kappa shape index (κ3) is 3.69. The molecule has 0 spiro atoms. The smallest absolute Gasteiger partial charge is 0.271 e. The molecule has 0 radical (unpaired) electrons. The number of nitro groups is 1. The van der Waals surface area contributed by atoms with E-state index in [1.165, 1.54) is 18.6 Å². The molecule has 0 aromatic heterocycles. The largest absolute Gasteiger partial charge is 0.376 e. The fraction of sp³-hybridized carbons (Fsp3) is 0.500. The molecule has 0 bridgehead atoms. The van der Waals surface area contributed by atoms with Crippen LogP contribution in [0.1, 0.15) is 24.8 Å².